The molecule has 18 heavy (non-hydrogen) atoms. The van der Waals surface area contributed by atoms with Gasteiger partial charge in [-0.1, -0.05) is 0 Å². The largest absolute Gasteiger partial charge is 0.481 e. The van der Waals surface area contributed by atoms with Gasteiger partial charge in [0.15, 0.2) is 5.75 Å². The molecule has 7 heteroatoms. The Bertz CT molecular complexity index is 449. The van der Waals surface area contributed by atoms with Crippen molar-refractivity contribution < 1.29 is 19.4 Å². The van der Waals surface area contributed by atoms with Gasteiger partial charge in [0.1, 0.15) is 0 Å². The van der Waals surface area contributed by atoms with Gasteiger partial charge in [0.05, 0.1) is 18.3 Å². The number of nitrogens with zero attached hydrogens (tertiary/aromatic N) is 3. The number of ether oxygens (including phenoxy) is 1. The van der Waals surface area contributed by atoms with Crippen LogP contribution in [-0.4, -0.2) is 44.9 Å². The lowest BCUT2D eigenvalue weighted by Gasteiger charge is -2.28. The van der Waals surface area contributed by atoms with Crippen molar-refractivity contribution in [1.29, 1.82) is 0 Å². The van der Waals surface area contributed by atoms with Gasteiger partial charge < -0.3 is 14.7 Å². The van der Waals surface area contributed by atoms with E-state index in [1.807, 2.05) is 0 Å². The first-order chi connectivity index (χ1) is 8.56. The molecule has 1 saturated heterocycles. The highest BCUT2D eigenvalue weighted by Gasteiger charge is 2.28. The summed E-state index contributed by atoms with van der Waals surface area (Å²) in [6.45, 7) is 0.826. The van der Waals surface area contributed by atoms with E-state index in [0.717, 1.165) is 0 Å². The highest BCUT2D eigenvalue weighted by Crippen LogP contribution is 2.18. The average Bonchev–Trinajstić information content (AvgIpc) is 2.75. The van der Waals surface area contributed by atoms with E-state index in [2.05, 4.69) is 5.10 Å². The second kappa shape index (κ2) is 5.07. The number of carboxylic acids is 1. The lowest BCUT2D eigenvalue weighted by molar-refractivity contribution is -0.143. The summed E-state index contributed by atoms with van der Waals surface area (Å²) in [6.07, 6.45) is 3.55. The van der Waals surface area contributed by atoms with Gasteiger partial charge in [0.2, 0.25) is 0 Å². The molecule has 0 spiro atoms. The first-order valence-electron chi connectivity index (χ1n) is 5.74. The summed E-state index contributed by atoms with van der Waals surface area (Å²) in [4.78, 5) is 24.1. The van der Waals surface area contributed by atoms with Gasteiger partial charge in [-0.05, 0) is 12.8 Å². The summed E-state index contributed by atoms with van der Waals surface area (Å²) < 4.78 is 6.67. The molecule has 1 aliphatic heterocycles. The molecule has 1 aliphatic rings. The van der Waals surface area contributed by atoms with Gasteiger partial charge >= 0.3 is 12.1 Å². The lowest BCUT2D eigenvalue weighted by atomic mass is 9.97. The van der Waals surface area contributed by atoms with Crippen molar-refractivity contribution in [3.63, 3.8) is 0 Å². The highest BCUT2D eigenvalue weighted by atomic mass is 16.6. The molecule has 1 N–H and O–H groups in total. The number of carboxylic acid groups (broad SMARTS) is 1. The van der Waals surface area contributed by atoms with Crippen LogP contribution in [0.15, 0.2) is 12.4 Å². The lowest BCUT2D eigenvalue weighted by Crippen LogP contribution is -2.41. The van der Waals surface area contributed by atoms with E-state index in [0.29, 0.717) is 31.7 Å². The quantitative estimate of drug-likeness (QED) is 0.839. The number of hydrogen-bond acceptors (Lipinski definition) is 4. The van der Waals surface area contributed by atoms with Crippen molar-refractivity contribution in [2.45, 2.75) is 12.8 Å². The number of carbonyl (C=O) groups is 2. The Morgan fingerprint density at radius 3 is 2.61 bits per heavy atom. The van der Waals surface area contributed by atoms with Crippen molar-refractivity contribution >= 4 is 12.1 Å². The van der Waals surface area contributed by atoms with Crippen LogP contribution in [0.1, 0.15) is 12.8 Å². The molecule has 1 amide bonds. The molecule has 2 heterocycles. The summed E-state index contributed by atoms with van der Waals surface area (Å²) in [5.41, 5.74) is 0. The van der Waals surface area contributed by atoms with Crippen LogP contribution in [-0.2, 0) is 11.8 Å². The normalized spacial score (nSPS) is 16.6. The van der Waals surface area contributed by atoms with Crippen LogP contribution in [0.4, 0.5) is 4.79 Å². The second-order valence-corrected chi connectivity index (χ2v) is 4.32. The maximum absolute atomic E-state index is 11.8. The van der Waals surface area contributed by atoms with Gasteiger partial charge in [-0.2, -0.15) is 5.10 Å². The van der Waals surface area contributed by atoms with Gasteiger partial charge in [-0.25, -0.2) is 4.79 Å². The van der Waals surface area contributed by atoms with Crippen molar-refractivity contribution in [2.24, 2.45) is 13.0 Å². The first kappa shape index (κ1) is 12.4. The molecule has 1 fully saturated rings. The van der Waals surface area contributed by atoms with Crippen LogP contribution in [0.25, 0.3) is 0 Å². The van der Waals surface area contributed by atoms with Crippen LogP contribution >= 0.6 is 0 Å². The third-order valence-electron chi connectivity index (χ3n) is 2.99. The van der Waals surface area contributed by atoms with E-state index in [1.165, 1.54) is 11.1 Å². The van der Waals surface area contributed by atoms with E-state index < -0.39 is 12.1 Å². The molecule has 0 bridgehead atoms. The molecule has 98 valence electrons. The number of aliphatic carboxylic acids is 1. The van der Waals surface area contributed by atoms with Crippen LogP contribution in [0.2, 0.25) is 0 Å². The summed E-state index contributed by atoms with van der Waals surface area (Å²) in [6, 6.07) is 0. The van der Waals surface area contributed by atoms with E-state index >= 15 is 0 Å². The van der Waals surface area contributed by atoms with Crippen LogP contribution in [0, 0.1) is 5.92 Å². The van der Waals surface area contributed by atoms with E-state index in [4.69, 9.17) is 9.84 Å². The zero-order valence-corrected chi connectivity index (χ0v) is 10.1. The summed E-state index contributed by atoms with van der Waals surface area (Å²) >= 11 is 0. The number of aryl methyl sites for hydroxylation is 1. The summed E-state index contributed by atoms with van der Waals surface area (Å²) in [5, 5.41) is 12.7. The number of hydrogen-bond donors (Lipinski definition) is 1. The predicted octanol–water partition coefficient (Wildman–Crippen LogP) is 0.716. The third kappa shape index (κ3) is 2.79. The number of amides is 1. The SMILES string of the molecule is Cn1cc(OC(=O)N2CCC(C(=O)O)CC2)cn1. The van der Waals surface area contributed by atoms with Crippen LogP contribution in [0.3, 0.4) is 0 Å². The fraction of sp³-hybridized carbons (Fsp3) is 0.545. The summed E-state index contributed by atoms with van der Waals surface area (Å²) in [5.74, 6) is -0.759. The predicted molar refractivity (Wildman–Crippen MR) is 61.2 cm³/mol. The molecule has 0 aromatic carbocycles. The number of aromatic nitrogens is 2. The molecule has 0 saturated carbocycles. The number of rotatable bonds is 2. The topological polar surface area (TPSA) is 84.7 Å². The maximum Gasteiger partial charge on any atom is 0.415 e. The molecule has 0 radical (unpaired) electrons. The minimum atomic E-state index is -0.796. The maximum atomic E-state index is 11.8. The Labute approximate surface area is 104 Å². The minimum absolute atomic E-state index is 0.354. The number of piperidine rings is 1. The number of likely N-dealkylation sites (tertiary alicyclic amines) is 1. The first-order valence-corrected chi connectivity index (χ1v) is 5.74. The van der Waals surface area contributed by atoms with Crippen LogP contribution < -0.4 is 4.74 Å². The monoisotopic (exact) mass is 253 g/mol. The standard InChI is InChI=1S/C11H15N3O4/c1-13-7-9(6-12-13)18-11(17)14-4-2-8(3-5-14)10(15)16/h6-8H,2-5H2,1H3,(H,15,16). The molecular weight excluding hydrogens is 238 g/mol. The van der Waals surface area contributed by atoms with Gasteiger partial charge in [-0.3, -0.25) is 9.48 Å². The van der Waals surface area contributed by atoms with Gasteiger partial charge in [-0.15, -0.1) is 0 Å². The molecule has 2 rings (SSSR count). The van der Waals surface area contributed by atoms with E-state index in [1.54, 1.807) is 17.9 Å². The number of carbonyl (C=O) groups excluding carboxylic acids is 1. The average molecular weight is 253 g/mol. The fourth-order valence-electron chi connectivity index (χ4n) is 1.93. The molecule has 7 nitrogen and oxygen atoms in total. The molecule has 0 atom stereocenters. The Morgan fingerprint density at radius 1 is 1.44 bits per heavy atom. The smallest absolute Gasteiger partial charge is 0.415 e. The molecular formula is C11H15N3O4. The molecule has 0 aliphatic carbocycles. The second-order valence-electron chi connectivity index (χ2n) is 4.32. The zero-order chi connectivity index (χ0) is 13.1. The molecule has 1 aromatic heterocycles. The molecule has 1 aromatic rings. The fourth-order valence-corrected chi connectivity index (χ4v) is 1.93. The van der Waals surface area contributed by atoms with E-state index in [-0.39, 0.29) is 5.92 Å². The van der Waals surface area contributed by atoms with E-state index in [9.17, 15) is 9.59 Å². The Hall–Kier alpha value is -2.05. The van der Waals surface area contributed by atoms with Gasteiger partial charge in [0.25, 0.3) is 0 Å². The van der Waals surface area contributed by atoms with Crippen molar-refractivity contribution in [3.8, 4) is 5.75 Å². The minimum Gasteiger partial charge on any atom is -0.481 e. The zero-order valence-electron chi connectivity index (χ0n) is 10.1. The highest BCUT2D eigenvalue weighted by molar-refractivity contribution is 5.72. The third-order valence-corrected chi connectivity index (χ3v) is 2.99. The van der Waals surface area contributed by atoms with Gasteiger partial charge in [0, 0.05) is 20.1 Å². The van der Waals surface area contributed by atoms with Crippen LogP contribution in [0.5, 0.6) is 5.75 Å². The Balaban J connectivity index is 1.86. The van der Waals surface area contributed by atoms with Crippen molar-refractivity contribution in [1.82, 2.24) is 14.7 Å². The van der Waals surface area contributed by atoms with Crippen molar-refractivity contribution in [3.05, 3.63) is 12.4 Å². The Morgan fingerprint density at radius 2 is 2.11 bits per heavy atom. The van der Waals surface area contributed by atoms with Crippen molar-refractivity contribution in [2.75, 3.05) is 13.1 Å². The molecule has 0 unspecified atom stereocenters. The Kier molecular flexibility index (Phi) is 3.50. The summed E-state index contributed by atoms with van der Waals surface area (Å²) in [7, 11) is 1.73.